The first-order valence-corrected chi connectivity index (χ1v) is 7.99. The molecule has 0 unspecified atom stereocenters. The highest BCUT2D eigenvalue weighted by atomic mass is 16.7. The second kappa shape index (κ2) is 6.04. The van der Waals surface area contributed by atoms with Gasteiger partial charge in [-0.3, -0.25) is 4.79 Å². The van der Waals surface area contributed by atoms with Crippen LogP contribution >= 0.6 is 0 Å². The fourth-order valence-electron chi connectivity index (χ4n) is 2.69. The standard InChI is InChI=1S/C17H17N5O3/c1-10(2)13-6-12(21-17-19-8-20-22(13)17)16(23)18-7-11-3-4-14-15(5-11)25-9-24-14/h3-6,8,10H,7,9H2,1-2H3,(H,18,23). The van der Waals surface area contributed by atoms with Gasteiger partial charge in [0.2, 0.25) is 6.79 Å². The number of hydrogen-bond acceptors (Lipinski definition) is 6. The first-order chi connectivity index (χ1) is 12.1. The minimum absolute atomic E-state index is 0.188. The van der Waals surface area contributed by atoms with Gasteiger partial charge in [0.15, 0.2) is 11.5 Å². The van der Waals surface area contributed by atoms with Gasteiger partial charge in [-0.25, -0.2) is 9.50 Å². The van der Waals surface area contributed by atoms with Gasteiger partial charge in [-0.2, -0.15) is 10.1 Å². The topological polar surface area (TPSA) is 90.6 Å². The smallest absolute Gasteiger partial charge is 0.270 e. The average Bonchev–Trinajstić information content (AvgIpc) is 3.26. The third-order valence-corrected chi connectivity index (χ3v) is 3.99. The summed E-state index contributed by atoms with van der Waals surface area (Å²) in [5, 5.41) is 7.03. The molecule has 1 amide bonds. The van der Waals surface area contributed by atoms with E-state index in [4.69, 9.17) is 9.47 Å². The summed E-state index contributed by atoms with van der Waals surface area (Å²) < 4.78 is 12.3. The number of nitrogens with one attached hydrogen (secondary N) is 1. The van der Waals surface area contributed by atoms with Crippen molar-refractivity contribution in [3.05, 3.63) is 47.5 Å². The maximum absolute atomic E-state index is 12.5. The summed E-state index contributed by atoms with van der Waals surface area (Å²) in [4.78, 5) is 20.9. The Kier molecular flexibility index (Phi) is 3.72. The highest BCUT2D eigenvalue weighted by Gasteiger charge is 2.16. The summed E-state index contributed by atoms with van der Waals surface area (Å²) in [5.74, 6) is 1.75. The number of carbonyl (C=O) groups excluding carboxylic acids is 1. The molecule has 0 bridgehead atoms. The van der Waals surface area contributed by atoms with Crippen LogP contribution in [0.4, 0.5) is 0 Å². The van der Waals surface area contributed by atoms with Crippen molar-refractivity contribution in [2.24, 2.45) is 0 Å². The Morgan fingerprint density at radius 3 is 2.96 bits per heavy atom. The van der Waals surface area contributed by atoms with Gasteiger partial charge < -0.3 is 14.8 Å². The molecule has 3 aromatic rings. The molecule has 25 heavy (non-hydrogen) atoms. The molecule has 0 saturated carbocycles. The SMILES string of the molecule is CC(C)c1cc(C(=O)NCc2ccc3c(c2)OCO3)nc2ncnn12. The van der Waals surface area contributed by atoms with E-state index in [9.17, 15) is 4.79 Å². The molecule has 8 heteroatoms. The number of amides is 1. The van der Waals surface area contributed by atoms with Crippen molar-refractivity contribution < 1.29 is 14.3 Å². The Balaban J connectivity index is 1.54. The number of nitrogens with zero attached hydrogens (tertiary/aromatic N) is 4. The van der Waals surface area contributed by atoms with Crippen molar-refractivity contribution in [2.75, 3.05) is 6.79 Å². The summed E-state index contributed by atoms with van der Waals surface area (Å²) in [7, 11) is 0. The summed E-state index contributed by atoms with van der Waals surface area (Å²) in [5.41, 5.74) is 2.13. The van der Waals surface area contributed by atoms with Crippen LogP contribution in [0.5, 0.6) is 11.5 Å². The predicted octanol–water partition coefficient (Wildman–Crippen LogP) is 1.91. The van der Waals surface area contributed by atoms with E-state index < -0.39 is 0 Å². The van der Waals surface area contributed by atoms with E-state index in [0.29, 0.717) is 23.8 Å². The normalized spacial score (nSPS) is 12.8. The second-order valence-corrected chi connectivity index (χ2v) is 6.06. The van der Waals surface area contributed by atoms with Gasteiger partial charge in [-0.05, 0) is 29.7 Å². The lowest BCUT2D eigenvalue weighted by molar-refractivity contribution is 0.0945. The van der Waals surface area contributed by atoms with Gasteiger partial charge in [0.25, 0.3) is 11.7 Å². The second-order valence-electron chi connectivity index (χ2n) is 6.06. The van der Waals surface area contributed by atoms with Crippen LogP contribution in [0.3, 0.4) is 0 Å². The van der Waals surface area contributed by atoms with Crippen molar-refractivity contribution in [3.63, 3.8) is 0 Å². The number of rotatable bonds is 4. The monoisotopic (exact) mass is 339 g/mol. The lowest BCUT2D eigenvalue weighted by Crippen LogP contribution is -2.24. The van der Waals surface area contributed by atoms with E-state index in [1.807, 2.05) is 32.0 Å². The van der Waals surface area contributed by atoms with Crippen LogP contribution in [0.1, 0.15) is 41.5 Å². The molecule has 1 aliphatic rings. The number of ether oxygens (including phenoxy) is 2. The van der Waals surface area contributed by atoms with Gasteiger partial charge in [0, 0.05) is 6.54 Å². The van der Waals surface area contributed by atoms with Gasteiger partial charge in [0.1, 0.15) is 12.0 Å². The van der Waals surface area contributed by atoms with Crippen LogP contribution < -0.4 is 14.8 Å². The number of benzene rings is 1. The molecule has 8 nitrogen and oxygen atoms in total. The van der Waals surface area contributed by atoms with E-state index in [0.717, 1.165) is 17.0 Å². The van der Waals surface area contributed by atoms with Crippen LogP contribution in [-0.2, 0) is 6.54 Å². The van der Waals surface area contributed by atoms with Crippen molar-refractivity contribution in [2.45, 2.75) is 26.3 Å². The lowest BCUT2D eigenvalue weighted by Gasteiger charge is -2.10. The van der Waals surface area contributed by atoms with E-state index in [1.54, 1.807) is 10.6 Å². The summed E-state index contributed by atoms with van der Waals surface area (Å²) >= 11 is 0. The first kappa shape index (κ1) is 15.4. The molecule has 1 N–H and O–H groups in total. The van der Waals surface area contributed by atoms with Crippen LogP contribution in [0.15, 0.2) is 30.6 Å². The zero-order valence-corrected chi connectivity index (χ0v) is 13.9. The molecule has 0 atom stereocenters. The molecular formula is C17H17N5O3. The van der Waals surface area contributed by atoms with E-state index in [1.165, 1.54) is 6.33 Å². The maximum Gasteiger partial charge on any atom is 0.270 e. The third kappa shape index (κ3) is 2.86. The molecule has 1 aromatic carbocycles. The third-order valence-electron chi connectivity index (χ3n) is 3.99. The number of aromatic nitrogens is 4. The Bertz CT molecular complexity index is 951. The molecule has 0 fully saturated rings. The number of hydrogen-bond donors (Lipinski definition) is 1. The molecule has 128 valence electrons. The Hall–Kier alpha value is -3.16. The molecule has 0 saturated heterocycles. The minimum atomic E-state index is -0.259. The molecular weight excluding hydrogens is 322 g/mol. The van der Waals surface area contributed by atoms with Crippen molar-refractivity contribution >= 4 is 11.7 Å². The van der Waals surface area contributed by atoms with Crippen LogP contribution in [0, 0.1) is 0 Å². The first-order valence-electron chi connectivity index (χ1n) is 7.99. The lowest BCUT2D eigenvalue weighted by atomic mass is 10.1. The molecule has 0 aliphatic carbocycles. The van der Waals surface area contributed by atoms with Gasteiger partial charge in [-0.1, -0.05) is 19.9 Å². The molecule has 0 spiro atoms. The van der Waals surface area contributed by atoms with Gasteiger partial charge >= 0.3 is 0 Å². The quantitative estimate of drug-likeness (QED) is 0.781. The van der Waals surface area contributed by atoms with Crippen LogP contribution in [0.25, 0.3) is 5.78 Å². The van der Waals surface area contributed by atoms with Gasteiger partial charge in [-0.15, -0.1) is 0 Å². The largest absolute Gasteiger partial charge is 0.454 e. The highest BCUT2D eigenvalue weighted by molar-refractivity contribution is 5.92. The Morgan fingerprint density at radius 1 is 1.28 bits per heavy atom. The van der Waals surface area contributed by atoms with Crippen molar-refractivity contribution in [3.8, 4) is 11.5 Å². The number of fused-ring (bicyclic) bond motifs is 2. The number of carbonyl (C=O) groups is 1. The highest BCUT2D eigenvalue weighted by Crippen LogP contribution is 2.32. The molecule has 0 radical (unpaired) electrons. The van der Waals surface area contributed by atoms with E-state index in [2.05, 4.69) is 20.4 Å². The van der Waals surface area contributed by atoms with Crippen molar-refractivity contribution in [1.82, 2.24) is 24.9 Å². The molecule has 1 aliphatic heterocycles. The summed E-state index contributed by atoms with van der Waals surface area (Å²) in [6.07, 6.45) is 1.43. The molecule has 3 heterocycles. The maximum atomic E-state index is 12.5. The van der Waals surface area contributed by atoms with Crippen LogP contribution in [0.2, 0.25) is 0 Å². The van der Waals surface area contributed by atoms with Gasteiger partial charge in [0.05, 0.1) is 5.69 Å². The van der Waals surface area contributed by atoms with Crippen molar-refractivity contribution in [1.29, 1.82) is 0 Å². The fourth-order valence-corrected chi connectivity index (χ4v) is 2.69. The fraction of sp³-hybridized carbons (Fsp3) is 0.294. The molecule has 2 aromatic heterocycles. The minimum Gasteiger partial charge on any atom is -0.454 e. The molecule has 4 rings (SSSR count). The zero-order valence-electron chi connectivity index (χ0n) is 13.9. The Morgan fingerprint density at radius 2 is 2.12 bits per heavy atom. The Labute approximate surface area is 143 Å². The van der Waals surface area contributed by atoms with E-state index in [-0.39, 0.29) is 18.6 Å². The summed E-state index contributed by atoms with van der Waals surface area (Å²) in [6, 6.07) is 7.34. The average molecular weight is 339 g/mol. The summed E-state index contributed by atoms with van der Waals surface area (Å²) in [6.45, 7) is 4.66. The zero-order chi connectivity index (χ0) is 17.4. The predicted molar refractivity (Wildman–Crippen MR) is 88.6 cm³/mol. The van der Waals surface area contributed by atoms with E-state index >= 15 is 0 Å². The van der Waals surface area contributed by atoms with Crippen LogP contribution in [-0.4, -0.2) is 32.3 Å².